The second-order valence-corrected chi connectivity index (χ2v) is 7.06. The molecule has 1 saturated heterocycles. The van der Waals surface area contributed by atoms with Crippen molar-refractivity contribution in [3.63, 3.8) is 0 Å². The molecular formula is C22H29N3O3. The fourth-order valence-corrected chi connectivity index (χ4v) is 3.55. The predicted octanol–water partition coefficient (Wildman–Crippen LogP) is 3.63. The average Bonchev–Trinajstić information content (AvgIpc) is 2.74. The van der Waals surface area contributed by atoms with E-state index >= 15 is 0 Å². The van der Waals surface area contributed by atoms with Crippen molar-refractivity contribution in [1.82, 2.24) is 10.2 Å². The zero-order chi connectivity index (χ0) is 19.8. The lowest BCUT2D eigenvalue weighted by Gasteiger charge is -2.31. The van der Waals surface area contributed by atoms with E-state index in [2.05, 4.69) is 10.6 Å². The first kappa shape index (κ1) is 20.1. The van der Waals surface area contributed by atoms with Crippen molar-refractivity contribution in [3.05, 3.63) is 42.5 Å². The Morgan fingerprint density at radius 1 is 1.11 bits per heavy atom. The summed E-state index contributed by atoms with van der Waals surface area (Å²) in [4.78, 5) is 26.7. The second kappa shape index (κ2) is 10.1. The van der Waals surface area contributed by atoms with Crippen LogP contribution in [0.2, 0.25) is 0 Å². The highest BCUT2D eigenvalue weighted by Gasteiger charge is 2.27. The van der Waals surface area contributed by atoms with Gasteiger partial charge in [0.1, 0.15) is 0 Å². The molecule has 0 bridgehead atoms. The van der Waals surface area contributed by atoms with Gasteiger partial charge in [-0.2, -0.15) is 0 Å². The molecule has 2 aromatic carbocycles. The molecule has 6 heteroatoms. The maximum Gasteiger partial charge on any atom is 0.321 e. The van der Waals surface area contributed by atoms with Crippen molar-refractivity contribution in [1.29, 1.82) is 0 Å². The molecule has 6 nitrogen and oxygen atoms in total. The molecule has 28 heavy (non-hydrogen) atoms. The largest absolute Gasteiger partial charge is 0.382 e. The van der Waals surface area contributed by atoms with Gasteiger partial charge in [-0.1, -0.05) is 36.4 Å². The van der Waals surface area contributed by atoms with Crippen LogP contribution in [-0.2, 0) is 9.53 Å². The number of urea groups is 1. The van der Waals surface area contributed by atoms with Crippen LogP contribution in [0.1, 0.15) is 26.2 Å². The van der Waals surface area contributed by atoms with Crippen molar-refractivity contribution in [2.45, 2.75) is 26.2 Å². The molecule has 2 aromatic rings. The van der Waals surface area contributed by atoms with Crippen molar-refractivity contribution in [2.24, 2.45) is 5.92 Å². The molecule has 1 aliphatic rings. The number of amides is 3. The first-order valence-corrected chi connectivity index (χ1v) is 10.1. The van der Waals surface area contributed by atoms with Gasteiger partial charge in [0.05, 0.1) is 5.69 Å². The minimum absolute atomic E-state index is 0.0197. The van der Waals surface area contributed by atoms with E-state index in [4.69, 9.17) is 4.74 Å². The molecule has 150 valence electrons. The van der Waals surface area contributed by atoms with E-state index in [-0.39, 0.29) is 17.9 Å². The number of likely N-dealkylation sites (tertiary alicyclic amines) is 1. The molecular weight excluding hydrogens is 354 g/mol. The zero-order valence-corrected chi connectivity index (χ0v) is 16.4. The number of benzene rings is 2. The monoisotopic (exact) mass is 383 g/mol. The highest BCUT2D eigenvalue weighted by molar-refractivity contribution is 6.01. The third kappa shape index (κ3) is 5.23. The third-order valence-electron chi connectivity index (χ3n) is 5.15. The van der Waals surface area contributed by atoms with Crippen molar-refractivity contribution >= 4 is 28.4 Å². The van der Waals surface area contributed by atoms with E-state index in [0.29, 0.717) is 45.7 Å². The summed E-state index contributed by atoms with van der Waals surface area (Å²) in [6, 6.07) is 13.8. The van der Waals surface area contributed by atoms with E-state index < -0.39 is 0 Å². The zero-order valence-electron chi connectivity index (χ0n) is 16.4. The van der Waals surface area contributed by atoms with Crippen LogP contribution in [0, 0.1) is 5.92 Å². The standard InChI is InChI=1S/C22H29N3O3/c1-2-28-16-6-13-23-21(26)18-11-14-25(15-12-18)22(27)24-20-10-5-8-17-7-3-4-9-19(17)20/h3-5,7-10,18H,2,6,11-16H2,1H3,(H,23,26)(H,24,27). The number of nitrogens with one attached hydrogen (secondary N) is 2. The summed E-state index contributed by atoms with van der Waals surface area (Å²) < 4.78 is 5.27. The van der Waals surface area contributed by atoms with Crippen LogP contribution in [0.4, 0.5) is 10.5 Å². The van der Waals surface area contributed by atoms with Gasteiger partial charge in [0.25, 0.3) is 0 Å². The number of hydrogen-bond donors (Lipinski definition) is 2. The SMILES string of the molecule is CCOCCCNC(=O)C1CCN(C(=O)Nc2cccc3ccccc23)CC1. The van der Waals surface area contributed by atoms with Crippen LogP contribution >= 0.6 is 0 Å². The summed E-state index contributed by atoms with van der Waals surface area (Å²) in [6.45, 7) is 5.15. The van der Waals surface area contributed by atoms with Gasteiger partial charge in [-0.3, -0.25) is 4.79 Å². The molecule has 1 fully saturated rings. The summed E-state index contributed by atoms with van der Waals surface area (Å²) in [5, 5.41) is 8.13. The lowest BCUT2D eigenvalue weighted by Crippen LogP contribution is -2.44. The lowest BCUT2D eigenvalue weighted by atomic mass is 9.96. The van der Waals surface area contributed by atoms with E-state index in [1.807, 2.05) is 49.4 Å². The van der Waals surface area contributed by atoms with Crippen LogP contribution in [0.25, 0.3) is 10.8 Å². The number of carbonyl (C=O) groups excluding carboxylic acids is 2. The number of piperidine rings is 1. The summed E-state index contributed by atoms with van der Waals surface area (Å²) in [6.07, 6.45) is 2.21. The van der Waals surface area contributed by atoms with Crippen LogP contribution < -0.4 is 10.6 Å². The smallest absolute Gasteiger partial charge is 0.321 e. The molecule has 0 aliphatic carbocycles. The molecule has 0 unspecified atom stereocenters. The van der Waals surface area contributed by atoms with E-state index in [1.54, 1.807) is 4.90 Å². The number of anilines is 1. The number of hydrogen-bond acceptors (Lipinski definition) is 3. The summed E-state index contributed by atoms with van der Waals surface area (Å²) in [7, 11) is 0. The topological polar surface area (TPSA) is 70.7 Å². The Kier molecular flexibility index (Phi) is 7.25. The maximum absolute atomic E-state index is 12.7. The fourth-order valence-electron chi connectivity index (χ4n) is 3.55. The highest BCUT2D eigenvalue weighted by atomic mass is 16.5. The van der Waals surface area contributed by atoms with E-state index in [9.17, 15) is 9.59 Å². The quantitative estimate of drug-likeness (QED) is 0.718. The Balaban J connectivity index is 1.46. The maximum atomic E-state index is 12.7. The van der Waals surface area contributed by atoms with E-state index in [1.165, 1.54) is 0 Å². The number of ether oxygens (including phenoxy) is 1. The molecule has 0 saturated carbocycles. The number of fused-ring (bicyclic) bond motifs is 1. The van der Waals surface area contributed by atoms with Gasteiger partial charge in [-0.15, -0.1) is 0 Å². The highest BCUT2D eigenvalue weighted by Crippen LogP contribution is 2.24. The predicted molar refractivity (Wildman–Crippen MR) is 111 cm³/mol. The van der Waals surface area contributed by atoms with Crippen LogP contribution in [0.15, 0.2) is 42.5 Å². The number of carbonyl (C=O) groups is 2. The van der Waals surface area contributed by atoms with Crippen LogP contribution in [0.3, 0.4) is 0 Å². The second-order valence-electron chi connectivity index (χ2n) is 7.06. The molecule has 0 radical (unpaired) electrons. The first-order valence-electron chi connectivity index (χ1n) is 10.1. The van der Waals surface area contributed by atoms with Gasteiger partial charge in [0, 0.05) is 44.2 Å². The van der Waals surface area contributed by atoms with Crippen LogP contribution in [-0.4, -0.2) is 49.7 Å². The van der Waals surface area contributed by atoms with Crippen LogP contribution in [0.5, 0.6) is 0 Å². The van der Waals surface area contributed by atoms with E-state index in [0.717, 1.165) is 22.9 Å². The molecule has 1 heterocycles. The minimum Gasteiger partial charge on any atom is -0.382 e. The van der Waals surface area contributed by atoms with Gasteiger partial charge < -0.3 is 20.3 Å². The lowest BCUT2D eigenvalue weighted by molar-refractivity contribution is -0.126. The van der Waals surface area contributed by atoms with Gasteiger partial charge in [-0.25, -0.2) is 4.79 Å². The molecule has 2 N–H and O–H groups in total. The van der Waals surface area contributed by atoms with Crippen molar-refractivity contribution in [2.75, 3.05) is 38.2 Å². The van der Waals surface area contributed by atoms with Gasteiger partial charge in [-0.05, 0) is 37.6 Å². The van der Waals surface area contributed by atoms with Crippen molar-refractivity contribution in [3.8, 4) is 0 Å². The normalized spacial score (nSPS) is 14.8. The van der Waals surface area contributed by atoms with Gasteiger partial charge in [0.15, 0.2) is 0 Å². The Labute approximate surface area is 166 Å². The minimum atomic E-state index is -0.105. The summed E-state index contributed by atoms with van der Waals surface area (Å²) >= 11 is 0. The fraction of sp³-hybridized carbons (Fsp3) is 0.455. The number of rotatable bonds is 7. The Morgan fingerprint density at radius 2 is 1.86 bits per heavy atom. The molecule has 3 amide bonds. The Hall–Kier alpha value is -2.60. The summed E-state index contributed by atoms with van der Waals surface area (Å²) in [5.74, 6) is 0.0688. The van der Waals surface area contributed by atoms with Gasteiger partial charge in [0.2, 0.25) is 5.91 Å². The van der Waals surface area contributed by atoms with Crippen molar-refractivity contribution < 1.29 is 14.3 Å². The average molecular weight is 383 g/mol. The molecule has 1 aliphatic heterocycles. The summed E-state index contributed by atoms with van der Waals surface area (Å²) in [5.41, 5.74) is 0.817. The molecule has 0 spiro atoms. The molecule has 0 aromatic heterocycles. The first-order chi connectivity index (χ1) is 13.7. The third-order valence-corrected chi connectivity index (χ3v) is 5.15. The van der Waals surface area contributed by atoms with Gasteiger partial charge >= 0.3 is 6.03 Å². The molecule has 0 atom stereocenters. The molecule has 3 rings (SSSR count). The Bertz CT molecular complexity index is 795. The Morgan fingerprint density at radius 3 is 2.64 bits per heavy atom. The number of nitrogens with zero attached hydrogens (tertiary/aromatic N) is 1.